The van der Waals surface area contributed by atoms with E-state index in [4.69, 9.17) is 9.47 Å². The van der Waals surface area contributed by atoms with Crippen LogP contribution in [0.5, 0.6) is 11.5 Å². The highest BCUT2D eigenvalue weighted by molar-refractivity contribution is 5.41. The van der Waals surface area contributed by atoms with Gasteiger partial charge in [-0.25, -0.2) is 0 Å². The zero-order chi connectivity index (χ0) is 14.8. The predicted molar refractivity (Wildman–Crippen MR) is 82.0 cm³/mol. The molecule has 3 heteroatoms. The number of fused-ring (bicyclic) bond motifs is 1. The molecule has 0 amide bonds. The van der Waals surface area contributed by atoms with Crippen LogP contribution in [-0.2, 0) is 6.42 Å². The van der Waals surface area contributed by atoms with Crippen LogP contribution in [0, 0.1) is 0 Å². The minimum Gasteiger partial charge on any atom is -0.497 e. The van der Waals surface area contributed by atoms with Gasteiger partial charge in [0.15, 0.2) is 0 Å². The van der Waals surface area contributed by atoms with Gasteiger partial charge in [-0.1, -0.05) is 18.2 Å². The van der Waals surface area contributed by atoms with Gasteiger partial charge in [-0.3, -0.25) is 0 Å². The number of aliphatic hydroxyl groups excluding tert-OH is 1. The zero-order valence-electron chi connectivity index (χ0n) is 12.4. The van der Waals surface area contributed by atoms with E-state index >= 15 is 0 Å². The van der Waals surface area contributed by atoms with Crippen LogP contribution in [0.3, 0.4) is 0 Å². The topological polar surface area (TPSA) is 38.7 Å². The van der Waals surface area contributed by atoms with Crippen molar-refractivity contribution < 1.29 is 14.6 Å². The summed E-state index contributed by atoms with van der Waals surface area (Å²) in [5.74, 6) is 1.83. The average Bonchev–Trinajstić information content (AvgIpc) is 2.55. The van der Waals surface area contributed by atoms with Gasteiger partial charge in [0.1, 0.15) is 11.5 Å². The second-order valence-corrected chi connectivity index (χ2v) is 5.43. The summed E-state index contributed by atoms with van der Waals surface area (Å²) in [7, 11) is 3.33. The molecule has 1 aliphatic carbocycles. The summed E-state index contributed by atoms with van der Waals surface area (Å²) in [4.78, 5) is 0. The van der Waals surface area contributed by atoms with Crippen molar-refractivity contribution in [2.45, 2.75) is 24.9 Å². The third kappa shape index (κ3) is 2.61. The van der Waals surface area contributed by atoms with Gasteiger partial charge < -0.3 is 14.6 Å². The molecular weight excluding hydrogens is 264 g/mol. The van der Waals surface area contributed by atoms with Crippen LogP contribution in [0.15, 0.2) is 42.5 Å². The van der Waals surface area contributed by atoms with E-state index in [0.29, 0.717) is 0 Å². The van der Waals surface area contributed by atoms with Crippen molar-refractivity contribution >= 4 is 0 Å². The van der Waals surface area contributed by atoms with E-state index in [1.165, 1.54) is 5.56 Å². The maximum absolute atomic E-state index is 10.7. The zero-order valence-corrected chi connectivity index (χ0v) is 12.4. The van der Waals surface area contributed by atoms with E-state index in [9.17, 15) is 5.11 Å². The lowest BCUT2D eigenvalue weighted by Crippen LogP contribution is -2.19. The number of benzene rings is 2. The Labute approximate surface area is 125 Å². The third-order valence-corrected chi connectivity index (χ3v) is 4.32. The fourth-order valence-electron chi connectivity index (χ4n) is 3.10. The van der Waals surface area contributed by atoms with Gasteiger partial charge in [0.2, 0.25) is 0 Å². The Morgan fingerprint density at radius 3 is 2.29 bits per heavy atom. The second-order valence-electron chi connectivity index (χ2n) is 5.43. The minimum absolute atomic E-state index is 0.136. The highest BCUT2D eigenvalue weighted by Gasteiger charge is 2.29. The van der Waals surface area contributed by atoms with Crippen LogP contribution >= 0.6 is 0 Å². The third-order valence-electron chi connectivity index (χ3n) is 4.32. The average molecular weight is 284 g/mol. The molecule has 2 aromatic carbocycles. The molecule has 1 aliphatic rings. The summed E-state index contributed by atoms with van der Waals surface area (Å²) in [6.07, 6.45) is 1.43. The quantitative estimate of drug-likeness (QED) is 0.938. The van der Waals surface area contributed by atoms with E-state index in [2.05, 4.69) is 0 Å². The van der Waals surface area contributed by atoms with Gasteiger partial charge in [0.05, 0.1) is 20.3 Å². The summed E-state index contributed by atoms with van der Waals surface area (Å²) in [5, 5.41) is 10.7. The van der Waals surface area contributed by atoms with Crippen LogP contribution < -0.4 is 9.47 Å². The standard InChI is InChI=1S/C18H20O3/c1-20-14-6-3-12(4-7-14)16-9-5-13-11-15(21-2)8-10-17(13)18(16)19/h3-4,6-8,10-11,16,18-19H,5,9H2,1-2H3/t16-,18+/m0/s1. The van der Waals surface area contributed by atoms with Crippen LogP contribution in [-0.4, -0.2) is 19.3 Å². The van der Waals surface area contributed by atoms with Gasteiger partial charge in [-0.05, 0) is 53.8 Å². The summed E-state index contributed by atoms with van der Waals surface area (Å²) in [5.41, 5.74) is 3.36. The fourth-order valence-corrected chi connectivity index (χ4v) is 3.10. The molecule has 0 saturated heterocycles. The molecule has 0 unspecified atom stereocenters. The van der Waals surface area contributed by atoms with Crippen molar-refractivity contribution in [1.82, 2.24) is 0 Å². The van der Waals surface area contributed by atoms with E-state index < -0.39 is 6.10 Å². The first-order valence-electron chi connectivity index (χ1n) is 7.21. The first kappa shape index (κ1) is 14.0. The number of aliphatic hydroxyl groups is 1. The molecule has 0 heterocycles. The van der Waals surface area contributed by atoms with Crippen molar-refractivity contribution in [2.75, 3.05) is 14.2 Å². The summed E-state index contributed by atoms with van der Waals surface area (Å²) >= 11 is 0. The lowest BCUT2D eigenvalue weighted by molar-refractivity contribution is 0.131. The van der Waals surface area contributed by atoms with Gasteiger partial charge in [-0.15, -0.1) is 0 Å². The maximum atomic E-state index is 10.7. The van der Waals surface area contributed by atoms with Gasteiger partial charge in [-0.2, -0.15) is 0 Å². The molecular formula is C18H20O3. The second kappa shape index (κ2) is 5.78. The van der Waals surface area contributed by atoms with Crippen LogP contribution in [0.2, 0.25) is 0 Å². The number of methoxy groups -OCH3 is 2. The molecule has 2 aromatic rings. The number of hydrogen-bond donors (Lipinski definition) is 1. The van der Waals surface area contributed by atoms with Crippen molar-refractivity contribution in [1.29, 1.82) is 0 Å². The molecule has 0 aliphatic heterocycles. The van der Waals surface area contributed by atoms with Gasteiger partial charge in [0.25, 0.3) is 0 Å². The molecule has 0 bridgehead atoms. The molecule has 3 nitrogen and oxygen atoms in total. The Kier molecular flexibility index (Phi) is 3.84. The Balaban J connectivity index is 1.88. The van der Waals surface area contributed by atoms with Crippen molar-refractivity contribution in [2.24, 2.45) is 0 Å². The molecule has 0 spiro atoms. The highest BCUT2D eigenvalue weighted by Crippen LogP contribution is 2.41. The number of ether oxygens (including phenoxy) is 2. The van der Waals surface area contributed by atoms with E-state index in [-0.39, 0.29) is 5.92 Å². The SMILES string of the molecule is COc1ccc([C@@H]2CCc3cc(OC)ccc3[C@@H]2O)cc1. The first-order valence-corrected chi connectivity index (χ1v) is 7.21. The molecule has 0 saturated carbocycles. The Morgan fingerprint density at radius 1 is 0.952 bits per heavy atom. The first-order chi connectivity index (χ1) is 10.2. The molecule has 3 rings (SSSR count). The minimum atomic E-state index is -0.465. The lowest BCUT2D eigenvalue weighted by Gasteiger charge is -2.30. The molecule has 0 fully saturated rings. The Hall–Kier alpha value is -2.00. The number of aryl methyl sites for hydroxylation is 1. The predicted octanol–water partition coefficient (Wildman–Crippen LogP) is 3.47. The van der Waals surface area contributed by atoms with Gasteiger partial charge in [0, 0.05) is 5.92 Å². The molecule has 0 radical (unpaired) electrons. The van der Waals surface area contributed by atoms with E-state index in [1.54, 1.807) is 14.2 Å². The molecule has 110 valence electrons. The van der Waals surface area contributed by atoms with Crippen LogP contribution in [0.4, 0.5) is 0 Å². The van der Waals surface area contributed by atoms with Gasteiger partial charge >= 0.3 is 0 Å². The molecule has 0 aromatic heterocycles. The highest BCUT2D eigenvalue weighted by atomic mass is 16.5. The van der Waals surface area contributed by atoms with Crippen LogP contribution in [0.1, 0.15) is 35.1 Å². The smallest absolute Gasteiger partial charge is 0.119 e. The summed E-state index contributed by atoms with van der Waals surface area (Å²) < 4.78 is 10.4. The Bertz CT molecular complexity index is 619. The molecule has 1 N–H and O–H groups in total. The molecule has 2 atom stereocenters. The number of rotatable bonds is 3. The number of hydrogen-bond acceptors (Lipinski definition) is 3. The fraction of sp³-hybridized carbons (Fsp3) is 0.333. The largest absolute Gasteiger partial charge is 0.497 e. The maximum Gasteiger partial charge on any atom is 0.119 e. The summed E-state index contributed by atoms with van der Waals surface area (Å²) in [6, 6.07) is 13.9. The normalized spacial score (nSPS) is 20.7. The monoisotopic (exact) mass is 284 g/mol. The summed E-state index contributed by atoms with van der Waals surface area (Å²) in [6.45, 7) is 0. The van der Waals surface area contributed by atoms with Crippen LogP contribution in [0.25, 0.3) is 0 Å². The van der Waals surface area contributed by atoms with E-state index in [1.807, 2.05) is 42.5 Å². The van der Waals surface area contributed by atoms with E-state index in [0.717, 1.165) is 35.5 Å². The Morgan fingerprint density at radius 2 is 1.62 bits per heavy atom. The molecule has 21 heavy (non-hydrogen) atoms. The van der Waals surface area contributed by atoms with Crippen molar-refractivity contribution in [3.63, 3.8) is 0 Å². The van der Waals surface area contributed by atoms with Crippen molar-refractivity contribution in [3.05, 3.63) is 59.2 Å². The van der Waals surface area contributed by atoms with Crippen molar-refractivity contribution in [3.8, 4) is 11.5 Å². The lowest BCUT2D eigenvalue weighted by atomic mass is 9.78.